The average molecular weight is 160 g/mol. The fourth-order valence-electron chi connectivity index (χ4n) is 1.06. The van der Waals surface area contributed by atoms with Crippen LogP contribution < -0.4 is 0 Å². The third-order valence-corrected chi connectivity index (χ3v) is 1.47. The lowest BCUT2D eigenvalue weighted by atomic mass is 10.3. The molecular weight excluding hydrogens is 148 g/mol. The SMILES string of the molecule is CC1(C)OC[C@@H](CC(=O)O)O1. The first-order valence-corrected chi connectivity index (χ1v) is 3.53. The molecule has 0 unspecified atom stereocenters. The normalized spacial score (nSPS) is 28.7. The minimum absolute atomic E-state index is 0.0173. The molecule has 4 nitrogen and oxygen atoms in total. The average Bonchev–Trinajstić information content (AvgIpc) is 2.08. The molecule has 0 aromatic carbocycles. The predicted molar refractivity (Wildman–Crippen MR) is 37.2 cm³/mol. The molecule has 0 amide bonds. The van der Waals surface area contributed by atoms with Crippen molar-refractivity contribution >= 4 is 5.97 Å². The van der Waals surface area contributed by atoms with E-state index in [1.807, 2.05) is 0 Å². The molecule has 1 saturated heterocycles. The van der Waals surface area contributed by atoms with Crippen LogP contribution in [0.15, 0.2) is 0 Å². The second-order valence-electron chi connectivity index (χ2n) is 3.05. The molecule has 1 rings (SSSR count). The zero-order valence-electron chi connectivity index (χ0n) is 6.66. The van der Waals surface area contributed by atoms with Gasteiger partial charge in [-0.15, -0.1) is 0 Å². The van der Waals surface area contributed by atoms with Crippen LogP contribution in [0.25, 0.3) is 0 Å². The zero-order valence-corrected chi connectivity index (χ0v) is 6.66. The van der Waals surface area contributed by atoms with Gasteiger partial charge in [0, 0.05) is 0 Å². The van der Waals surface area contributed by atoms with Gasteiger partial charge in [0.2, 0.25) is 0 Å². The Kier molecular flexibility index (Phi) is 2.15. The Bertz CT molecular complexity index is 164. The van der Waals surface area contributed by atoms with E-state index in [-0.39, 0.29) is 12.5 Å². The first-order chi connectivity index (χ1) is 4.99. The molecule has 0 spiro atoms. The van der Waals surface area contributed by atoms with Crippen LogP contribution in [0.1, 0.15) is 20.3 Å². The maximum Gasteiger partial charge on any atom is 0.306 e. The summed E-state index contributed by atoms with van der Waals surface area (Å²) < 4.78 is 10.4. The Hall–Kier alpha value is -0.610. The third-order valence-electron chi connectivity index (χ3n) is 1.47. The smallest absolute Gasteiger partial charge is 0.306 e. The molecule has 11 heavy (non-hydrogen) atoms. The van der Waals surface area contributed by atoms with Crippen LogP contribution in [0.5, 0.6) is 0 Å². The van der Waals surface area contributed by atoms with Crippen LogP contribution in [0, 0.1) is 0 Å². The fourth-order valence-corrected chi connectivity index (χ4v) is 1.06. The summed E-state index contributed by atoms with van der Waals surface area (Å²) in [4.78, 5) is 10.2. The molecule has 0 aromatic heterocycles. The van der Waals surface area contributed by atoms with E-state index in [0.29, 0.717) is 6.61 Å². The number of carboxylic acid groups (broad SMARTS) is 1. The summed E-state index contributed by atoms with van der Waals surface area (Å²) >= 11 is 0. The Morgan fingerprint density at radius 1 is 1.73 bits per heavy atom. The van der Waals surface area contributed by atoms with Gasteiger partial charge in [-0.2, -0.15) is 0 Å². The summed E-state index contributed by atoms with van der Waals surface area (Å²) in [6, 6.07) is 0. The van der Waals surface area contributed by atoms with Gasteiger partial charge in [-0.05, 0) is 13.8 Å². The number of carboxylic acids is 1. The standard InChI is InChI=1S/C7H12O4/c1-7(2)10-4-5(11-7)3-6(8)9/h5H,3-4H2,1-2H3,(H,8,9)/t5-/m1/s1. The molecule has 0 radical (unpaired) electrons. The molecular formula is C7H12O4. The fraction of sp³-hybridized carbons (Fsp3) is 0.857. The van der Waals surface area contributed by atoms with Crippen molar-refractivity contribution in [3.63, 3.8) is 0 Å². The van der Waals surface area contributed by atoms with E-state index < -0.39 is 11.8 Å². The van der Waals surface area contributed by atoms with E-state index in [1.165, 1.54) is 0 Å². The van der Waals surface area contributed by atoms with E-state index in [0.717, 1.165) is 0 Å². The number of aliphatic carboxylic acids is 1. The van der Waals surface area contributed by atoms with Gasteiger partial charge in [0.1, 0.15) is 0 Å². The Morgan fingerprint density at radius 2 is 2.36 bits per heavy atom. The van der Waals surface area contributed by atoms with Gasteiger partial charge in [0.15, 0.2) is 5.79 Å². The lowest BCUT2D eigenvalue weighted by Crippen LogP contribution is -2.22. The number of ether oxygens (including phenoxy) is 2. The molecule has 1 aliphatic heterocycles. The quantitative estimate of drug-likeness (QED) is 0.643. The Labute approximate surface area is 65.1 Å². The van der Waals surface area contributed by atoms with E-state index in [9.17, 15) is 4.79 Å². The highest BCUT2D eigenvalue weighted by molar-refractivity contribution is 5.67. The van der Waals surface area contributed by atoms with Gasteiger partial charge in [0.25, 0.3) is 0 Å². The van der Waals surface area contributed by atoms with Crippen molar-refractivity contribution in [1.82, 2.24) is 0 Å². The number of hydrogen-bond acceptors (Lipinski definition) is 3. The van der Waals surface area contributed by atoms with E-state index >= 15 is 0 Å². The van der Waals surface area contributed by atoms with Crippen molar-refractivity contribution in [2.24, 2.45) is 0 Å². The summed E-state index contributed by atoms with van der Waals surface area (Å²) in [6.07, 6.45) is -0.272. The van der Waals surface area contributed by atoms with Gasteiger partial charge < -0.3 is 14.6 Å². The molecule has 4 heteroatoms. The highest BCUT2D eigenvalue weighted by atomic mass is 16.7. The Morgan fingerprint density at radius 3 is 2.73 bits per heavy atom. The van der Waals surface area contributed by atoms with Gasteiger partial charge >= 0.3 is 5.97 Å². The van der Waals surface area contributed by atoms with Gasteiger partial charge in [-0.1, -0.05) is 0 Å². The molecule has 1 N–H and O–H groups in total. The maximum absolute atomic E-state index is 10.2. The van der Waals surface area contributed by atoms with Crippen LogP contribution in [-0.4, -0.2) is 29.6 Å². The van der Waals surface area contributed by atoms with Crippen molar-refractivity contribution in [3.05, 3.63) is 0 Å². The molecule has 0 bridgehead atoms. The summed E-state index contributed by atoms with van der Waals surface area (Å²) in [5, 5.41) is 8.41. The lowest BCUT2D eigenvalue weighted by molar-refractivity contribution is -0.149. The number of rotatable bonds is 2. The monoisotopic (exact) mass is 160 g/mol. The third kappa shape index (κ3) is 2.48. The summed E-state index contributed by atoms with van der Waals surface area (Å²) in [5.41, 5.74) is 0. The van der Waals surface area contributed by atoms with Crippen molar-refractivity contribution in [2.45, 2.75) is 32.2 Å². The molecule has 0 aliphatic carbocycles. The van der Waals surface area contributed by atoms with Crippen LogP contribution in [0.2, 0.25) is 0 Å². The predicted octanol–water partition coefficient (Wildman–Crippen LogP) is 0.613. The summed E-state index contributed by atoms with van der Waals surface area (Å²) in [7, 11) is 0. The summed E-state index contributed by atoms with van der Waals surface area (Å²) in [6.45, 7) is 3.92. The van der Waals surface area contributed by atoms with Gasteiger partial charge in [-0.25, -0.2) is 0 Å². The van der Waals surface area contributed by atoms with E-state index in [2.05, 4.69) is 0 Å². The number of carbonyl (C=O) groups is 1. The Balaban J connectivity index is 2.36. The molecule has 1 aliphatic rings. The van der Waals surface area contributed by atoms with Gasteiger partial charge in [0.05, 0.1) is 19.1 Å². The second kappa shape index (κ2) is 2.79. The molecule has 1 atom stereocenters. The highest BCUT2D eigenvalue weighted by Crippen LogP contribution is 2.23. The lowest BCUT2D eigenvalue weighted by Gasteiger charge is -2.16. The van der Waals surface area contributed by atoms with E-state index in [1.54, 1.807) is 13.8 Å². The van der Waals surface area contributed by atoms with Crippen molar-refractivity contribution in [2.75, 3.05) is 6.61 Å². The topological polar surface area (TPSA) is 55.8 Å². The van der Waals surface area contributed by atoms with Crippen LogP contribution in [0.4, 0.5) is 0 Å². The zero-order chi connectivity index (χ0) is 8.48. The minimum atomic E-state index is -0.851. The number of hydrogen-bond donors (Lipinski definition) is 1. The van der Waals surface area contributed by atoms with Crippen LogP contribution in [0.3, 0.4) is 0 Å². The van der Waals surface area contributed by atoms with Crippen LogP contribution >= 0.6 is 0 Å². The molecule has 0 saturated carbocycles. The first-order valence-electron chi connectivity index (χ1n) is 3.53. The second-order valence-corrected chi connectivity index (χ2v) is 3.05. The largest absolute Gasteiger partial charge is 0.481 e. The first kappa shape index (κ1) is 8.49. The highest BCUT2D eigenvalue weighted by Gasteiger charge is 2.33. The maximum atomic E-state index is 10.2. The molecule has 0 aromatic rings. The summed E-state index contributed by atoms with van der Waals surface area (Å²) in [5.74, 6) is -1.46. The van der Waals surface area contributed by atoms with Crippen LogP contribution in [-0.2, 0) is 14.3 Å². The molecule has 1 fully saturated rings. The molecule has 64 valence electrons. The van der Waals surface area contributed by atoms with E-state index in [4.69, 9.17) is 14.6 Å². The van der Waals surface area contributed by atoms with Crippen molar-refractivity contribution in [1.29, 1.82) is 0 Å². The van der Waals surface area contributed by atoms with Gasteiger partial charge in [-0.3, -0.25) is 4.79 Å². The van der Waals surface area contributed by atoms with Crippen molar-refractivity contribution in [3.8, 4) is 0 Å². The van der Waals surface area contributed by atoms with Crippen molar-refractivity contribution < 1.29 is 19.4 Å². The molecule has 1 heterocycles. The minimum Gasteiger partial charge on any atom is -0.481 e.